The normalized spacial score (nSPS) is 23.6. The number of nitrogens with one attached hydrogen (secondary N) is 11. The first-order valence-electron chi connectivity index (χ1n) is 29.7. The number of amides is 11. The molecule has 1 aromatic carbocycles. The molecular formula is C58H94N12O15S. The van der Waals surface area contributed by atoms with Gasteiger partial charge in [-0.15, -0.1) is 0 Å². The second-order valence-electron chi connectivity index (χ2n) is 22.8. The van der Waals surface area contributed by atoms with Crippen LogP contribution in [0.15, 0.2) is 30.3 Å². The van der Waals surface area contributed by atoms with Crippen LogP contribution in [0.25, 0.3) is 0 Å². The molecule has 1 aliphatic carbocycles. The van der Waals surface area contributed by atoms with Gasteiger partial charge in [-0.3, -0.25) is 52.7 Å². The average Bonchev–Trinajstić information content (AvgIpc) is 1.64. The third kappa shape index (κ3) is 20.6. The fourth-order valence-electron chi connectivity index (χ4n) is 9.70. The summed E-state index contributed by atoms with van der Waals surface area (Å²) in [7, 11) is 1.60. The van der Waals surface area contributed by atoms with Crippen LogP contribution in [0.3, 0.4) is 0 Å². The van der Waals surface area contributed by atoms with Crippen LogP contribution in [0.1, 0.15) is 126 Å². The lowest BCUT2D eigenvalue weighted by Crippen LogP contribution is -2.63. The smallest absolute Gasteiger partial charge is 0.329 e. The molecule has 1 spiro atoms. The van der Waals surface area contributed by atoms with Gasteiger partial charge in [-0.2, -0.15) is 12.6 Å². The van der Waals surface area contributed by atoms with E-state index in [1.165, 1.54) is 13.8 Å². The summed E-state index contributed by atoms with van der Waals surface area (Å²) in [6, 6.07) is -4.93. The van der Waals surface area contributed by atoms with Crippen molar-refractivity contribution in [2.45, 2.75) is 199 Å². The zero-order chi connectivity index (χ0) is 64.7. The standard InChI is InChI=1S/C58H94N12O15S/c1-12-29(5)42(66-49(76)38(60-11)25-35-19-17-16-18-20-35)52(79)63-39(27-71)50(77)62-37(21-22-41(59)73)48(75)65-44(31(7)14-3)54(81)67-43(30(6)13-2)53(80)64-40(28-72)51(78)68-46-34(10)85-56(83)45(32(8)15-4)69-57(84)58(26-36(58)23-24-86)70-47(74)33(9)61-55(46)82/h16-20,29-34,36-40,42-46,60,71-72,86H,12-15,21-28H2,1-11H3,(H2,59,73)(H,61,82)(H,62,77)(H,63,79)(H,64,80)(H,65,75)(H,66,76)(H,67,81)(H,68,78)(H,69,84)(H,70,74)/t29-,30-,31-,32-,33-,34-,36?,37+,38+,39-,40-,42-,43-,44+,45-,46+,58?/m0/s1. The summed E-state index contributed by atoms with van der Waals surface area (Å²) >= 11 is 4.29. The molecule has 0 bridgehead atoms. The summed E-state index contributed by atoms with van der Waals surface area (Å²) in [5.41, 5.74) is 4.93. The minimum Gasteiger partial charge on any atom is -0.458 e. The zero-order valence-corrected chi connectivity index (χ0v) is 52.2. The highest BCUT2D eigenvalue weighted by Gasteiger charge is 2.61. The number of carbonyl (C=O) groups excluding carboxylic acids is 12. The predicted molar refractivity (Wildman–Crippen MR) is 319 cm³/mol. The Labute approximate surface area is 509 Å². The van der Waals surface area contributed by atoms with E-state index >= 15 is 0 Å². The molecule has 482 valence electrons. The Morgan fingerprint density at radius 1 is 0.663 bits per heavy atom. The van der Waals surface area contributed by atoms with Gasteiger partial charge in [0.25, 0.3) is 0 Å². The van der Waals surface area contributed by atoms with Gasteiger partial charge in [0.2, 0.25) is 65.0 Å². The number of primary amides is 1. The molecular weight excluding hydrogens is 1140 g/mol. The summed E-state index contributed by atoms with van der Waals surface area (Å²) < 4.78 is 5.74. The lowest BCUT2D eigenvalue weighted by Gasteiger charge is -2.31. The first-order valence-corrected chi connectivity index (χ1v) is 30.3. The van der Waals surface area contributed by atoms with Crippen molar-refractivity contribution in [2.75, 3.05) is 26.0 Å². The molecule has 27 nitrogen and oxygen atoms in total. The largest absolute Gasteiger partial charge is 0.458 e. The van der Waals surface area contributed by atoms with Crippen molar-refractivity contribution >= 4 is 83.6 Å². The Balaban J connectivity index is 1.85. The minimum absolute atomic E-state index is 0.257. The highest BCUT2D eigenvalue weighted by Crippen LogP contribution is 2.46. The number of hydrogen-bond acceptors (Lipinski definition) is 17. The van der Waals surface area contributed by atoms with E-state index in [0.29, 0.717) is 31.4 Å². The number of ether oxygens (including phenoxy) is 1. The molecule has 0 radical (unpaired) electrons. The summed E-state index contributed by atoms with van der Waals surface area (Å²) in [4.78, 5) is 166. The highest BCUT2D eigenvalue weighted by atomic mass is 32.1. The summed E-state index contributed by atoms with van der Waals surface area (Å²) in [6.45, 7) is 14.3. The van der Waals surface area contributed by atoms with Crippen molar-refractivity contribution in [1.29, 1.82) is 0 Å². The van der Waals surface area contributed by atoms with Crippen LogP contribution in [-0.2, 0) is 68.7 Å². The molecule has 1 saturated carbocycles. The number of carbonyl (C=O) groups is 12. The topological polar surface area (TPSA) is 413 Å². The van der Waals surface area contributed by atoms with Crippen molar-refractivity contribution in [2.24, 2.45) is 35.3 Å². The van der Waals surface area contributed by atoms with Crippen LogP contribution >= 0.6 is 12.6 Å². The second kappa shape index (κ2) is 35.0. The predicted octanol–water partition coefficient (Wildman–Crippen LogP) is -2.23. The Morgan fingerprint density at radius 2 is 1.14 bits per heavy atom. The van der Waals surface area contributed by atoms with Crippen molar-refractivity contribution in [1.82, 2.24) is 58.5 Å². The van der Waals surface area contributed by atoms with E-state index in [-0.39, 0.29) is 25.2 Å². The number of rotatable bonds is 32. The molecule has 11 amide bonds. The van der Waals surface area contributed by atoms with E-state index in [2.05, 4.69) is 71.1 Å². The summed E-state index contributed by atoms with van der Waals surface area (Å²) in [5.74, 6) is -12.7. The maximum atomic E-state index is 14.4. The van der Waals surface area contributed by atoms with E-state index in [9.17, 15) is 67.7 Å². The fourth-order valence-corrected chi connectivity index (χ4v) is 10.0. The van der Waals surface area contributed by atoms with Gasteiger partial charge in [-0.1, -0.05) is 111 Å². The monoisotopic (exact) mass is 1230 g/mol. The quantitative estimate of drug-likeness (QED) is 0.0268. The van der Waals surface area contributed by atoms with Gasteiger partial charge in [0.05, 0.1) is 19.3 Å². The molecule has 28 heteroatoms. The molecule has 1 aromatic rings. The van der Waals surface area contributed by atoms with Gasteiger partial charge in [0.15, 0.2) is 0 Å². The summed E-state index contributed by atoms with van der Waals surface area (Å²) in [6.07, 6.45) is 0.0800. The Bertz CT molecular complexity index is 2530. The molecule has 2 aliphatic rings. The molecule has 1 saturated heterocycles. The van der Waals surface area contributed by atoms with Crippen LogP contribution in [0.4, 0.5) is 0 Å². The van der Waals surface area contributed by atoms with Crippen molar-refractivity contribution in [3.63, 3.8) is 0 Å². The number of thiol groups is 1. The maximum Gasteiger partial charge on any atom is 0.329 e. The van der Waals surface area contributed by atoms with Gasteiger partial charge >= 0.3 is 5.97 Å². The van der Waals surface area contributed by atoms with E-state index in [1.54, 1.807) is 62.4 Å². The number of nitrogens with two attached hydrogens (primary N) is 1. The van der Waals surface area contributed by atoms with Crippen LogP contribution in [-0.4, -0.2) is 179 Å². The SMILES string of the molecule is CC[C@H](C)[C@H](NC(=O)[C@@H](Cc1ccccc1)NC)C(=O)N[C@@H](CO)C(=O)N[C@H](CCC(N)=O)C(=O)N[C@@H](C(=O)N[C@H](C(=O)N[C@@H](CO)C(=O)N[C@H]1C(=O)N[C@@H](C)C(=O)NC2(CC2CCS)C(=O)N[C@@H]([C@@H](C)CC)C(=O)O[C@H]1C)[C@@H](C)CC)[C@@H](C)CC. The van der Waals surface area contributed by atoms with Gasteiger partial charge < -0.3 is 79.2 Å². The summed E-state index contributed by atoms with van der Waals surface area (Å²) in [5, 5.41) is 49.6. The Kier molecular flexibility index (Phi) is 29.9. The number of likely N-dealkylation sites (N-methyl/N-ethyl adjacent to an activating group) is 1. The molecule has 15 N–H and O–H groups in total. The van der Waals surface area contributed by atoms with E-state index < -0.39 is 193 Å². The number of esters is 1. The minimum atomic E-state index is -1.81. The molecule has 17 atom stereocenters. The first-order chi connectivity index (χ1) is 40.6. The van der Waals surface area contributed by atoms with Crippen LogP contribution < -0.4 is 64.2 Å². The molecule has 3 rings (SSSR count). The average molecular weight is 1230 g/mol. The van der Waals surface area contributed by atoms with Gasteiger partial charge in [0.1, 0.15) is 66.0 Å². The van der Waals surface area contributed by atoms with E-state index in [0.717, 1.165) is 5.56 Å². The molecule has 1 aliphatic heterocycles. The number of benzene rings is 1. The van der Waals surface area contributed by atoms with E-state index in [4.69, 9.17) is 10.5 Å². The van der Waals surface area contributed by atoms with Crippen molar-refractivity contribution in [3.8, 4) is 0 Å². The zero-order valence-electron chi connectivity index (χ0n) is 51.3. The molecule has 2 unspecified atom stereocenters. The lowest BCUT2D eigenvalue weighted by atomic mass is 9.94. The second-order valence-corrected chi connectivity index (χ2v) is 23.2. The number of aliphatic hydroxyl groups excluding tert-OH is 2. The Morgan fingerprint density at radius 3 is 1.62 bits per heavy atom. The van der Waals surface area contributed by atoms with Gasteiger partial charge in [0, 0.05) is 6.42 Å². The Hall–Kier alpha value is -6.91. The number of aliphatic hydroxyl groups is 2. The molecule has 1 heterocycles. The van der Waals surface area contributed by atoms with Crippen molar-refractivity contribution < 1.29 is 72.5 Å². The third-order valence-corrected chi connectivity index (χ3v) is 16.7. The van der Waals surface area contributed by atoms with Crippen LogP contribution in [0.2, 0.25) is 0 Å². The fraction of sp³-hybridized carbons (Fsp3) is 0.690. The maximum absolute atomic E-state index is 14.4. The highest BCUT2D eigenvalue weighted by molar-refractivity contribution is 7.80. The molecule has 2 fully saturated rings. The molecule has 86 heavy (non-hydrogen) atoms. The molecule has 0 aromatic heterocycles. The lowest BCUT2D eigenvalue weighted by molar-refractivity contribution is -0.157. The van der Waals surface area contributed by atoms with E-state index in [1.807, 2.05) is 30.3 Å². The first kappa shape index (κ1) is 73.3. The third-order valence-electron chi connectivity index (χ3n) is 16.5. The van der Waals surface area contributed by atoms with Crippen molar-refractivity contribution in [3.05, 3.63) is 35.9 Å². The number of hydrogen-bond donors (Lipinski definition) is 15. The van der Waals surface area contributed by atoms with Gasteiger partial charge in [-0.05, 0) is 87.5 Å². The number of cyclic esters (lactones) is 1. The van der Waals surface area contributed by atoms with Gasteiger partial charge in [-0.25, -0.2) is 4.79 Å². The van der Waals surface area contributed by atoms with Crippen LogP contribution in [0.5, 0.6) is 0 Å². The van der Waals surface area contributed by atoms with Crippen LogP contribution in [0, 0.1) is 29.6 Å².